The van der Waals surface area contributed by atoms with Gasteiger partial charge < -0.3 is 5.11 Å². The van der Waals surface area contributed by atoms with E-state index in [0.717, 1.165) is 35.1 Å². The van der Waals surface area contributed by atoms with Crippen LogP contribution in [0.4, 0.5) is 0 Å². The van der Waals surface area contributed by atoms with E-state index in [1.807, 2.05) is 30.5 Å². The summed E-state index contributed by atoms with van der Waals surface area (Å²) in [5.41, 5.74) is 4.77. The Morgan fingerprint density at radius 1 is 0.781 bits per heavy atom. The molecule has 0 spiro atoms. The van der Waals surface area contributed by atoms with E-state index in [-0.39, 0.29) is 5.41 Å². The highest BCUT2D eigenvalue weighted by molar-refractivity contribution is 5.94. The Hall–Kier alpha value is -2.87. The average Bonchev–Trinajstić information content (AvgIpc) is 2.80. The van der Waals surface area contributed by atoms with Gasteiger partial charge in [0.1, 0.15) is 5.75 Å². The van der Waals surface area contributed by atoms with Gasteiger partial charge >= 0.3 is 0 Å². The predicted octanol–water partition coefficient (Wildman–Crippen LogP) is 7.92. The molecule has 0 saturated heterocycles. The van der Waals surface area contributed by atoms with Crippen molar-refractivity contribution in [2.75, 3.05) is 0 Å². The van der Waals surface area contributed by atoms with Crippen LogP contribution in [0.2, 0.25) is 0 Å². The number of aliphatic imine (C=N–C) groups is 1. The number of nitrogens with zero attached hydrogens (tertiary/aromatic N) is 1. The van der Waals surface area contributed by atoms with Crippen molar-refractivity contribution in [1.29, 1.82) is 0 Å². The summed E-state index contributed by atoms with van der Waals surface area (Å²) in [5.74, 6) is 0.342. The molecule has 1 N–H and O–H groups in total. The third kappa shape index (κ3) is 4.96. The highest BCUT2D eigenvalue weighted by Gasteiger charge is 2.28. The van der Waals surface area contributed by atoms with Crippen LogP contribution in [0, 0.1) is 0 Å². The van der Waals surface area contributed by atoms with Crippen LogP contribution < -0.4 is 0 Å². The van der Waals surface area contributed by atoms with Crippen LogP contribution in [0.15, 0.2) is 77.8 Å². The van der Waals surface area contributed by atoms with Gasteiger partial charge in [0, 0.05) is 28.8 Å². The van der Waals surface area contributed by atoms with E-state index in [2.05, 4.69) is 62.4 Å². The maximum absolute atomic E-state index is 11.6. The van der Waals surface area contributed by atoms with Gasteiger partial charge in [-0.15, -0.1) is 0 Å². The predicted molar refractivity (Wildman–Crippen MR) is 136 cm³/mol. The van der Waals surface area contributed by atoms with Crippen LogP contribution in [-0.4, -0.2) is 17.4 Å². The number of hydrogen-bond acceptors (Lipinski definition) is 2. The zero-order valence-electron chi connectivity index (χ0n) is 19.4. The minimum absolute atomic E-state index is 0.316. The molecule has 32 heavy (non-hydrogen) atoms. The highest BCUT2D eigenvalue weighted by Crippen LogP contribution is 2.41. The van der Waals surface area contributed by atoms with Crippen LogP contribution >= 0.6 is 0 Å². The number of rotatable bonds is 5. The number of benzene rings is 3. The van der Waals surface area contributed by atoms with Crippen LogP contribution in [0.3, 0.4) is 0 Å². The first-order valence-electron chi connectivity index (χ1n) is 12.1. The van der Waals surface area contributed by atoms with Crippen molar-refractivity contribution in [3.05, 3.63) is 89.5 Å². The van der Waals surface area contributed by atoms with Gasteiger partial charge in [0.15, 0.2) is 0 Å². The molecule has 0 radical (unpaired) electrons. The van der Waals surface area contributed by atoms with Crippen LogP contribution in [0.5, 0.6) is 5.75 Å². The van der Waals surface area contributed by atoms with E-state index in [4.69, 9.17) is 4.99 Å². The Balaban J connectivity index is 1.77. The van der Waals surface area contributed by atoms with Gasteiger partial charge in [-0.1, -0.05) is 119 Å². The van der Waals surface area contributed by atoms with Crippen LogP contribution in [0.1, 0.15) is 75.5 Å². The molecule has 0 amide bonds. The lowest BCUT2D eigenvalue weighted by atomic mass is 9.76. The molecule has 1 saturated carbocycles. The fraction of sp³-hybridized carbons (Fsp3) is 0.367. The zero-order chi connectivity index (χ0) is 22.4. The van der Waals surface area contributed by atoms with Crippen LogP contribution in [0.25, 0.3) is 11.1 Å². The summed E-state index contributed by atoms with van der Waals surface area (Å²) in [6.07, 6.45) is 10.7. The molecule has 3 aromatic carbocycles. The van der Waals surface area contributed by atoms with Gasteiger partial charge in [-0.25, -0.2) is 0 Å². The van der Waals surface area contributed by atoms with Crippen molar-refractivity contribution in [3.8, 4) is 16.9 Å². The largest absolute Gasteiger partial charge is 0.507 e. The van der Waals surface area contributed by atoms with E-state index in [1.54, 1.807) is 0 Å². The summed E-state index contributed by atoms with van der Waals surface area (Å²) in [4.78, 5) is 5.01. The second-order valence-electron chi connectivity index (χ2n) is 9.56. The zero-order valence-corrected chi connectivity index (χ0v) is 19.4. The SMILES string of the molecule is CC(C)(c1ccccc1)c1ccc(-c2ccccc2)c(C=NC2CCCCCCC2)c1O. The second-order valence-corrected chi connectivity index (χ2v) is 9.56. The molecular weight excluding hydrogens is 390 g/mol. The van der Waals surface area contributed by atoms with Gasteiger partial charge in [0.2, 0.25) is 0 Å². The lowest BCUT2D eigenvalue weighted by molar-refractivity contribution is 0.450. The molecule has 1 aliphatic rings. The van der Waals surface area contributed by atoms with E-state index in [1.165, 1.54) is 37.7 Å². The molecule has 0 atom stereocenters. The summed E-state index contributed by atoms with van der Waals surface area (Å²) < 4.78 is 0. The molecule has 0 bridgehead atoms. The maximum atomic E-state index is 11.6. The number of hydrogen-bond donors (Lipinski definition) is 1. The first-order chi connectivity index (χ1) is 15.6. The molecule has 2 nitrogen and oxygen atoms in total. The molecule has 2 heteroatoms. The number of phenols is 1. The average molecular weight is 426 g/mol. The van der Waals surface area contributed by atoms with Crippen molar-refractivity contribution in [1.82, 2.24) is 0 Å². The monoisotopic (exact) mass is 425 g/mol. The molecule has 1 aliphatic carbocycles. The van der Waals surface area contributed by atoms with Crippen molar-refractivity contribution in [2.45, 2.75) is 70.3 Å². The fourth-order valence-electron chi connectivity index (χ4n) is 4.89. The number of aromatic hydroxyl groups is 1. The molecule has 1 fully saturated rings. The Bertz CT molecular complexity index is 1030. The van der Waals surface area contributed by atoms with E-state index >= 15 is 0 Å². The number of phenolic OH excluding ortho intramolecular Hbond substituents is 1. The quantitative estimate of drug-likeness (QED) is 0.414. The topological polar surface area (TPSA) is 32.6 Å². The lowest BCUT2D eigenvalue weighted by Crippen LogP contribution is -2.19. The standard InChI is InChI=1S/C30H35NO/c1-30(2,24-16-10-7-11-17-24)28-21-20-26(23-14-8-6-9-15-23)27(29(28)32)22-31-25-18-12-4-3-5-13-19-25/h6-11,14-17,20-22,25,32H,3-5,12-13,18-19H2,1-2H3. The molecule has 0 unspecified atom stereocenters. The Kier molecular flexibility index (Phi) is 7.09. The van der Waals surface area contributed by atoms with Gasteiger partial charge in [-0.05, 0) is 29.5 Å². The minimum Gasteiger partial charge on any atom is -0.507 e. The van der Waals surface area contributed by atoms with Gasteiger partial charge in [0.05, 0.1) is 0 Å². The van der Waals surface area contributed by atoms with Crippen LogP contribution in [-0.2, 0) is 5.41 Å². The summed E-state index contributed by atoms with van der Waals surface area (Å²) >= 11 is 0. The molecule has 0 heterocycles. The van der Waals surface area contributed by atoms with E-state index < -0.39 is 0 Å². The summed E-state index contributed by atoms with van der Waals surface area (Å²) in [5, 5.41) is 11.6. The van der Waals surface area contributed by atoms with Crippen molar-refractivity contribution >= 4 is 6.21 Å². The molecule has 0 aliphatic heterocycles. The Morgan fingerprint density at radius 2 is 1.38 bits per heavy atom. The molecule has 0 aromatic heterocycles. The first kappa shape index (κ1) is 22.3. The smallest absolute Gasteiger partial charge is 0.129 e. The second kappa shape index (κ2) is 10.2. The first-order valence-corrected chi connectivity index (χ1v) is 12.1. The maximum Gasteiger partial charge on any atom is 0.129 e. The summed E-state index contributed by atoms with van der Waals surface area (Å²) in [6.45, 7) is 4.35. The molecule has 4 rings (SSSR count). The Labute approximate surface area is 193 Å². The van der Waals surface area contributed by atoms with Crippen molar-refractivity contribution in [3.63, 3.8) is 0 Å². The molecular formula is C30H35NO. The molecule has 166 valence electrons. The van der Waals surface area contributed by atoms with Crippen molar-refractivity contribution < 1.29 is 5.11 Å². The summed E-state index contributed by atoms with van der Waals surface area (Å²) in [6, 6.07) is 25.3. The minimum atomic E-state index is -0.316. The summed E-state index contributed by atoms with van der Waals surface area (Å²) in [7, 11) is 0. The van der Waals surface area contributed by atoms with Gasteiger partial charge in [0.25, 0.3) is 0 Å². The Morgan fingerprint density at radius 3 is 2.03 bits per heavy atom. The van der Waals surface area contributed by atoms with Gasteiger partial charge in [-0.2, -0.15) is 0 Å². The highest BCUT2D eigenvalue weighted by atomic mass is 16.3. The van der Waals surface area contributed by atoms with E-state index in [9.17, 15) is 5.11 Å². The fourth-order valence-corrected chi connectivity index (χ4v) is 4.89. The van der Waals surface area contributed by atoms with Gasteiger partial charge in [-0.3, -0.25) is 4.99 Å². The third-order valence-electron chi connectivity index (χ3n) is 6.96. The lowest BCUT2D eigenvalue weighted by Gasteiger charge is -2.28. The van der Waals surface area contributed by atoms with E-state index in [0.29, 0.717) is 11.8 Å². The third-order valence-corrected chi connectivity index (χ3v) is 6.96. The van der Waals surface area contributed by atoms with Crippen molar-refractivity contribution in [2.24, 2.45) is 4.99 Å². The normalized spacial score (nSPS) is 16.1. The molecule has 3 aromatic rings.